The zero-order chi connectivity index (χ0) is 15.0. The summed E-state index contributed by atoms with van der Waals surface area (Å²) in [7, 11) is 0. The number of thiophene rings is 1. The third-order valence-electron chi connectivity index (χ3n) is 2.46. The lowest BCUT2D eigenvalue weighted by molar-refractivity contribution is -0.143. The number of nitrogens with zero attached hydrogens (tertiary/aromatic N) is 1. The summed E-state index contributed by atoms with van der Waals surface area (Å²) in [5, 5.41) is 10.5. The van der Waals surface area contributed by atoms with Gasteiger partial charge in [0.1, 0.15) is 18.0 Å². The van der Waals surface area contributed by atoms with Crippen molar-refractivity contribution in [2.24, 2.45) is 0 Å². The van der Waals surface area contributed by atoms with Gasteiger partial charge >= 0.3 is 5.97 Å². The van der Waals surface area contributed by atoms with Gasteiger partial charge in [-0.3, -0.25) is 9.59 Å². The van der Waals surface area contributed by atoms with Gasteiger partial charge in [0, 0.05) is 12.1 Å². The lowest BCUT2D eigenvalue weighted by Gasteiger charge is -2.19. The largest absolute Gasteiger partial charge is 0.465 e. The van der Waals surface area contributed by atoms with E-state index in [1.165, 1.54) is 16.2 Å². The van der Waals surface area contributed by atoms with Gasteiger partial charge in [0.25, 0.3) is 5.91 Å². The molecule has 1 rings (SSSR count). The van der Waals surface area contributed by atoms with E-state index in [4.69, 9.17) is 9.84 Å². The van der Waals surface area contributed by atoms with Crippen molar-refractivity contribution in [1.82, 2.24) is 4.90 Å². The van der Waals surface area contributed by atoms with Crippen LogP contribution in [0.25, 0.3) is 0 Å². The molecule has 1 heterocycles. The maximum atomic E-state index is 12.4. The zero-order valence-corrected chi connectivity index (χ0v) is 12.3. The fourth-order valence-corrected chi connectivity index (χ4v) is 2.36. The molecule has 0 aromatic carbocycles. The van der Waals surface area contributed by atoms with Crippen LogP contribution >= 0.6 is 11.3 Å². The first kappa shape index (κ1) is 16.2. The standard InChI is InChI=1S/C14H17NO4S/c1-3-15(10-12(17)19-4-2)14(18)13-11(6-5-8-16)7-9-20-13/h7,9,16H,3-4,8,10H2,1-2H3. The molecule has 0 unspecified atom stereocenters. The van der Waals surface area contributed by atoms with Gasteiger partial charge in [-0.25, -0.2) is 0 Å². The number of aliphatic hydroxyl groups excluding tert-OH is 1. The van der Waals surface area contributed by atoms with E-state index in [9.17, 15) is 9.59 Å². The number of rotatable bonds is 5. The number of carbonyl (C=O) groups is 2. The third kappa shape index (κ3) is 4.37. The molecule has 1 N–H and O–H groups in total. The Hall–Kier alpha value is -1.84. The van der Waals surface area contributed by atoms with Crippen LogP contribution in [0.15, 0.2) is 11.4 Å². The second kappa shape index (κ2) is 8.35. The number of hydrogen-bond acceptors (Lipinski definition) is 5. The predicted molar refractivity (Wildman–Crippen MR) is 76.5 cm³/mol. The number of ether oxygens (including phenoxy) is 1. The molecule has 0 atom stereocenters. The van der Waals surface area contributed by atoms with Crippen LogP contribution in [0.5, 0.6) is 0 Å². The normalized spacial score (nSPS) is 9.55. The molecule has 20 heavy (non-hydrogen) atoms. The monoisotopic (exact) mass is 295 g/mol. The Morgan fingerprint density at radius 1 is 1.45 bits per heavy atom. The van der Waals surface area contributed by atoms with Gasteiger partial charge in [-0.1, -0.05) is 11.8 Å². The Labute approximate surface area is 122 Å². The molecule has 0 aliphatic heterocycles. The van der Waals surface area contributed by atoms with Crippen LogP contribution < -0.4 is 0 Å². The summed E-state index contributed by atoms with van der Waals surface area (Å²) in [5.41, 5.74) is 0.566. The Morgan fingerprint density at radius 3 is 2.80 bits per heavy atom. The minimum absolute atomic E-state index is 0.0755. The second-order valence-corrected chi connectivity index (χ2v) is 4.66. The maximum absolute atomic E-state index is 12.4. The average Bonchev–Trinajstić information content (AvgIpc) is 2.90. The van der Waals surface area contributed by atoms with E-state index in [1.807, 2.05) is 0 Å². The molecular weight excluding hydrogens is 278 g/mol. The number of hydrogen-bond donors (Lipinski definition) is 1. The molecule has 6 heteroatoms. The fraction of sp³-hybridized carbons (Fsp3) is 0.429. The highest BCUT2D eigenvalue weighted by Gasteiger charge is 2.21. The molecule has 0 fully saturated rings. The lowest BCUT2D eigenvalue weighted by Crippen LogP contribution is -2.36. The SMILES string of the molecule is CCOC(=O)CN(CC)C(=O)c1sccc1C#CCO. The van der Waals surface area contributed by atoms with Gasteiger partial charge < -0.3 is 14.7 Å². The van der Waals surface area contributed by atoms with Crippen LogP contribution in [0, 0.1) is 11.8 Å². The van der Waals surface area contributed by atoms with Gasteiger partial charge in [-0.15, -0.1) is 11.3 Å². The topological polar surface area (TPSA) is 66.8 Å². The number of aliphatic hydroxyl groups is 1. The van der Waals surface area contributed by atoms with Gasteiger partial charge in [0.05, 0.1) is 6.61 Å². The van der Waals surface area contributed by atoms with Crippen LogP contribution in [0.2, 0.25) is 0 Å². The number of amides is 1. The average molecular weight is 295 g/mol. The van der Waals surface area contributed by atoms with E-state index in [2.05, 4.69) is 11.8 Å². The van der Waals surface area contributed by atoms with Gasteiger partial charge in [-0.2, -0.15) is 0 Å². The van der Waals surface area contributed by atoms with Crippen molar-refractivity contribution in [2.75, 3.05) is 26.3 Å². The highest BCUT2D eigenvalue weighted by molar-refractivity contribution is 7.12. The van der Waals surface area contributed by atoms with E-state index >= 15 is 0 Å². The van der Waals surface area contributed by atoms with E-state index in [0.717, 1.165) is 0 Å². The molecule has 1 amide bonds. The summed E-state index contributed by atoms with van der Waals surface area (Å²) in [5.74, 6) is 4.56. The molecule has 5 nitrogen and oxygen atoms in total. The van der Waals surface area contributed by atoms with Crippen molar-refractivity contribution in [3.63, 3.8) is 0 Å². The molecule has 1 aromatic rings. The Balaban J connectivity index is 2.86. The maximum Gasteiger partial charge on any atom is 0.325 e. The van der Waals surface area contributed by atoms with Gasteiger partial charge in [-0.05, 0) is 25.3 Å². The molecule has 1 aromatic heterocycles. The highest BCUT2D eigenvalue weighted by Crippen LogP contribution is 2.18. The smallest absolute Gasteiger partial charge is 0.325 e. The molecule has 0 saturated carbocycles. The van der Waals surface area contributed by atoms with Crippen molar-refractivity contribution < 1.29 is 19.4 Å². The van der Waals surface area contributed by atoms with Gasteiger partial charge in [0.2, 0.25) is 0 Å². The Morgan fingerprint density at radius 2 is 2.20 bits per heavy atom. The minimum Gasteiger partial charge on any atom is -0.465 e. The lowest BCUT2D eigenvalue weighted by atomic mass is 10.2. The summed E-state index contributed by atoms with van der Waals surface area (Å²) >= 11 is 1.26. The third-order valence-corrected chi connectivity index (χ3v) is 3.36. The summed E-state index contributed by atoms with van der Waals surface area (Å²) in [6.45, 7) is 3.87. The molecule has 108 valence electrons. The minimum atomic E-state index is -0.428. The van der Waals surface area contributed by atoms with E-state index < -0.39 is 5.97 Å². The second-order valence-electron chi connectivity index (χ2n) is 3.75. The summed E-state index contributed by atoms with van der Waals surface area (Å²) in [6, 6.07) is 1.72. The molecule has 0 bridgehead atoms. The van der Waals surface area contributed by atoms with Crippen molar-refractivity contribution in [2.45, 2.75) is 13.8 Å². The summed E-state index contributed by atoms with van der Waals surface area (Å²) in [6.07, 6.45) is 0. The number of carbonyl (C=O) groups excluding carboxylic acids is 2. The summed E-state index contributed by atoms with van der Waals surface area (Å²) < 4.78 is 4.85. The molecular formula is C14H17NO4S. The van der Waals surface area contributed by atoms with Crippen LogP contribution in [-0.4, -0.2) is 48.2 Å². The first-order valence-electron chi connectivity index (χ1n) is 6.26. The van der Waals surface area contributed by atoms with Crippen LogP contribution in [0.1, 0.15) is 29.1 Å². The molecule has 0 spiro atoms. The summed E-state index contributed by atoms with van der Waals surface area (Å²) in [4.78, 5) is 25.7. The van der Waals surface area contributed by atoms with Crippen molar-refractivity contribution in [3.05, 3.63) is 21.9 Å². The molecule has 0 radical (unpaired) electrons. The quantitative estimate of drug-likeness (QED) is 0.653. The van der Waals surface area contributed by atoms with Crippen LogP contribution in [0.3, 0.4) is 0 Å². The fourth-order valence-electron chi connectivity index (χ4n) is 1.54. The van der Waals surface area contributed by atoms with E-state index in [-0.39, 0.29) is 25.7 Å². The molecule has 0 saturated heterocycles. The van der Waals surface area contributed by atoms with E-state index in [0.29, 0.717) is 17.0 Å². The van der Waals surface area contributed by atoms with Crippen molar-refractivity contribution in [1.29, 1.82) is 0 Å². The highest BCUT2D eigenvalue weighted by atomic mass is 32.1. The van der Waals surface area contributed by atoms with Crippen molar-refractivity contribution in [3.8, 4) is 11.8 Å². The molecule has 0 aliphatic carbocycles. The Kier molecular flexibility index (Phi) is 6.77. The zero-order valence-electron chi connectivity index (χ0n) is 11.5. The van der Waals surface area contributed by atoms with Crippen LogP contribution in [0.4, 0.5) is 0 Å². The first-order valence-corrected chi connectivity index (χ1v) is 7.14. The van der Waals surface area contributed by atoms with E-state index in [1.54, 1.807) is 25.3 Å². The predicted octanol–water partition coefficient (Wildman–Crippen LogP) is 1.12. The molecule has 0 aliphatic rings. The van der Waals surface area contributed by atoms with Crippen molar-refractivity contribution >= 4 is 23.2 Å². The van der Waals surface area contributed by atoms with Crippen LogP contribution in [-0.2, 0) is 9.53 Å². The Bertz CT molecular complexity index is 527. The first-order chi connectivity index (χ1) is 9.63. The van der Waals surface area contributed by atoms with Gasteiger partial charge in [0.15, 0.2) is 0 Å². The number of esters is 1. The number of likely N-dealkylation sites (N-methyl/N-ethyl adjacent to an activating group) is 1.